The van der Waals surface area contributed by atoms with Crippen LogP contribution in [0.5, 0.6) is 0 Å². The number of aromatic nitrogens is 2. The van der Waals surface area contributed by atoms with Gasteiger partial charge in [0.1, 0.15) is 5.82 Å². The number of carbonyl (C=O) groups excluding carboxylic acids is 1. The van der Waals surface area contributed by atoms with Crippen molar-refractivity contribution in [1.29, 1.82) is 0 Å². The molecule has 0 saturated carbocycles. The molecule has 0 aliphatic carbocycles. The normalized spacial score (nSPS) is 15.5. The fourth-order valence-corrected chi connectivity index (χ4v) is 5.70. The van der Waals surface area contributed by atoms with Gasteiger partial charge in [0.15, 0.2) is 5.03 Å². The lowest BCUT2D eigenvalue weighted by molar-refractivity contribution is -0.138. The van der Waals surface area contributed by atoms with E-state index in [1.165, 1.54) is 4.31 Å². The van der Waals surface area contributed by atoms with Gasteiger partial charge in [-0.2, -0.15) is 4.31 Å². The number of imidazole rings is 1. The van der Waals surface area contributed by atoms with Gasteiger partial charge in [0.2, 0.25) is 5.91 Å². The number of rotatable bonds is 7. The maximum Gasteiger partial charge on any atom is 0.262 e. The summed E-state index contributed by atoms with van der Waals surface area (Å²) in [7, 11) is -1.88. The zero-order valence-corrected chi connectivity index (χ0v) is 19.9. The highest BCUT2D eigenvalue weighted by atomic mass is 32.2. The van der Waals surface area contributed by atoms with E-state index >= 15 is 0 Å². The van der Waals surface area contributed by atoms with Gasteiger partial charge in [0.25, 0.3) is 10.0 Å². The van der Waals surface area contributed by atoms with Gasteiger partial charge < -0.3 is 9.47 Å². The summed E-state index contributed by atoms with van der Waals surface area (Å²) >= 11 is 0. The number of piperidine rings is 1. The van der Waals surface area contributed by atoms with E-state index in [1.54, 1.807) is 24.7 Å². The zero-order valence-electron chi connectivity index (χ0n) is 19.1. The Morgan fingerprint density at radius 3 is 1.94 bits per heavy atom. The molecule has 33 heavy (non-hydrogen) atoms. The topological polar surface area (TPSA) is 75.5 Å². The highest BCUT2D eigenvalue weighted by Gasteiger charge is 2.35. The highest BCUT2D eigenvalue weighted by Crippen LogP contribution is 2.26. The van der Waals surface area contributed by atoms with Crippen LogP contribution < -0.4 is 0 Å². The number of hydrogen-bond donors (Lipinski definition) is 0. The molecule has 0 N–H and O–H groups in total. The van der Waals surface area contributed by atoms with Crippen molar-refractivity contribution in [2.24, 2.45) is 13.0 Å². The molecule has 1 fully saturated rings. The summed E-state index contributed by atoms with van der Waals surface area (Å²) < 4.78 is 29.2. The fourth-order valence-electron chi connectivity index (χ4n) is 4.20. The molecule has 8 heteroatoms. The number of aryl methyl sites for hydroxylation is 2. The molecular formula is C25H30N4O3S. The van der Waals surface area contributed by atoms with E-state index in [-0.39, 0.29) is 16.9 Å². The Kier molecular flexibility index (Phi) is 6.95. The third-order valence-corrected chi connectivity index (χ3v) is 8.01. The summed E-state index contributed by atoms with van der Waals surface area (Å²) in [6.07, 6.45) is 2.55. The van der Waals surface area contributed by atoms with Crippen molar-refractivity contribution < 1.29 is 13.2 Å². The SMILES string of the molecule is Cc1nc(S(=O)(=O)N2CCC(C(=O)N(Cc3ccccc3)Cc3ccccc3)CC2)cn1C. The van der Waals surface area contributed by atoms with E-state index in [0.717, 1.165) is 11.1 Å². The van der Waals surface area contributed by atoms with Crippen molar-refractivity contribution in [2.45, 2.75) is 37.9 Å². The van der Waals surface area contributed by atoms with E-state index in [9.17, 15) is 13.2 Å². The fraction of sp³-hybridized carbons (Fsp3) is 0.360. The monoisotopic (exact) mass is 466 g/mol. The average molecular weight is 467 g/mol. The third kappa shape index (κ3) is 5.34. The van der Waals surface area contributed by atoms with Gasteiger partial charge in [0, 0.05) is 45.3 Å². The van der Waals surface area contributed by atoms with Gasteiger partial charge in [-0.05, 0) is 30.9 Å². The second kappa shape index (κ2) is 9.89. The molecule has 0 unspecified atom stereocenters. The molecule has 1 amide bonds. The lowest BCUT2D eigenvalue weighted by atomic mass is 9.96. The minimum absolute atomic E-state index is 0.0714. The van der Waals surface area contributed by atoms with Gasteiger partial charge in [-0.3, -0.25) is 4.79 Å². The standard InChI is InChI=1S/C25H30N4O3S/c1-20-26-24(19-27(20)2)33(31,32)29-15-13-23(14-16-29)25(30)28(17-21-9-5-3-6-10-21)18-22-11-7-4-8-12-22/h3-12,19,23H,13-18H2,1-2H3. The molecule has 3 aromatic rings. The van der Waals surface area contributed by atoms with Crippen LogP contribution in [0.3, 0.4) is 0 Å². The summed E-state index contributed by atoms with van der Waals surface area (Å²) in [5, 5.41) is 0.0714. The van der Waals surface area contributed by atoms with Crippen molar-refractivity contribution >= 4 is 15.9 Å². The van der Waals surface area contributed by atoms with Gasteiger partial charge in [-0.15, -0.1) is 0 Å². The van der Waals surface area contributed by atoms with Crippen LogP contribution in [0.2, 0.25) is 0 Å². The van der Waals surface area contributed by atoms with Crippen LogP contribution in [0.4, 0.5) is 0 Å². The second-order valence-electron chi connectivity index (χ2n) is 8.58. The summed E-state index contributed by atoms with van der Waals surface area (Å²) in [6, 6.07) is 19.9. The van der Waals surface area contributed by atoms with Crippen molar-refractivity contribution in [2.75, 3.05) is 13.1 Å². The molecule has 0 spiro atoms. The lowest BCUT2D eigenvalue weighted by Crippen LogP contribution is -2.44. The Labute approximate surface area is 195 Å². The van der Waals surface area contributed by atoms with Gasteiger partial charge >= 0.3 is 0 Å². The molecule has 1 aromatic heterocycles. The maximum absolute atomic E-state index is 13.5. The number of hydrogen-bond acceptors (Lipinski definition) is 4. The van der Waals surface area contributed by atoms with E-state index in [1.807, 2.05) is 65.6 Å². The minimum atomic E-state index is -3.65. The van der Waals surface area contributed by atoms with Crippen LogP contribution in [-0.4, -0.2) is 46.2 Å². The molecule has 0 atom stereocenters. The summed E-state index contributed by atoms with van der Waals surface area (Å²) in [4.78, 5) is 19.6. The van der Waals surface area contributed by atoms with Crippen molar-refractivity contribution in [3.8, 4) is 0 Å². The first kappa shape index (κ1) is 23.2. The predicted molar refractivity (Wildman–Crippen MR) is 127 cm³/mol. The van der Waals surface area contributed by atoms with Crippen molar-refractivity contribution in [3.63, 3.8) is 0 Å². The Morgan fingerprint density at radius 1 is 0.970 bits per heavy atom. The quantitative estimate of drug-likeness (QED) is 0.535. The van der Waals surface area contributed by atoms with E-state index in [0.29, 0.717) is 44.8 Å². The first-order chi connectivity index (χ1) is 15.8. The van der Waals surface area contributed by atoms with Crippen molar-refractivity contribution in [1.82, 2.24) is 18.8 Å². The predicted octanol–water partition coefficient (Wildman–Crippen LogP) is 3.36. The zero-order chi connectivity index (χ0) is 23.4. The smallest absolute Gasteiger partial charge is 0.262 e. The van der Waals surface area contributed by atoms with E-state index < -0.39 is 10.0 Å². The number of benzene rings is 2. The van der Waals surface area contributed by atoms with E-state index in [2.05, 4.69) is 4.98 Å². The minimum Gasteiger partial charge on any atom is -0.337 e. The van der Waals surface area contributed by atoms with Crippen LogP contribution in [-0.2, 0) is 35.0 Å². The molecule has 1 aliphatic heterocycles. The van der Waals surface area contributed by atoms with Crippen LogP contribution in [0.1, 0.15) is 29.8 Å². The Balaban J connectivity index is 1.46. The second-order valence-corrected chi connectivity index (χ2v) is 10.5. The number of carbonyl (C=O) groups is 1. The largest absolute Gasteiger partial charge is 0.337 e. The Morgan fingerprint density at radius 2 is 1.48 bits per heavy atom. The highest BCUT2D eigenvalue weighted by molar-refractivity contribution is 7.89. The molecule has 7 nitrogen and oxygen atoms in total. The molecular weight excluding hydrogens is 436 g/mol. The molecule has 0 bridgehead atoms. The van der Waals surface area contributed by atoms with Gasteiger partial charge in [-0.25, -0.2) is 13.4 Å². The summed E-state index contributed by atoms with van der Waals surface area (Å²) in [6.45, 7) is 3.47. The van der Waals surface area contributed by atoms with Crippen LogP contribution in [0.15, 0.2) is 71.9 Å². The number of sulfonamides is 1. The molecule has 2 heterocycles. The lowest BCUT2D eigenvalue weighted by Gasteiger charge is -2.33. The first-order valence-corrected chi connectivity index (χ1v) is 12.7. The van der Waals surface area contributed by atoms with E-state index in [4.69, 9.17) is 0 Å². The maximum atomic E-state index is 13.5. The summed E-state index contributed by atoms with van der Waals surface area (Å²) in [5.74, 6) is 0.527. The Hall–Kier alpha value is -2.97. The van der Waals surface area contributed by atoms with Crippen molar-refractivity contribution in [3.05, 3.63) is 83.8 Å². The van der Waals surface area contributed by atoms with Gasteiger partial charge in [-0.1, -0.05) is 60.7 Å². The van der Waals surface area contributed by atoms with Crippen LogP contribution in [0.25, 0.3) is 0 Å². The number of nitrogens with zero attached hydrogens (tertiary/aromatic N) is 4. The molecule has 0 radical (unpaired) electrons. The van der Waals surface area contributed by atoms with Crippen LogP contribution in [0, 0.1) is 12.8 Å². The molecule has 2 aromatic carbocycles. The average Bonchev–Trinajstić information content (AvgIpc) is 3.18. The third-order valence-electron chi connectivity index (χ3n) is 6.24. The van der Waals surface area contributed by atoms with Crippen LogP contribution >= 0.6 is 0 Å². The molecule has 4 rings (SSSR count). The van der Waals surface area contributed by atoms with Gasteiger partial charge in [0.05, 0.1) is 0 Å². The molecule has 1 aliphatic rings. The number of amides is 1. The molecule has 174 valence electrons. The first-order valence-electron chi connectivity index (χ1n) is 11.2. The molecule has 1 saturated heterocycles. The summed E-state index contributed by atoms with van der Waals surface area (Å²) in [5.41, 5.74) is 2.15. The Bertz CT molecular complexity index is 1120.